The van der Waals surface area contributed by atoms with E-state index in [1.807, 2.05) is 5.16 Å². The third-order valence-electron chi connectivity index (χ3n) is 2.58. The second-order valence-corrected chi connectivity index (χ2v) is 3.91. The molecule has 0 atom stereocenters. The van der Waals surface area contributed by atoms with E-state index in [-0.39, 0.29) is 0 Å². The quantitative estimate of drug-likeness (QED) is 0.613. The number of ether oxygens (including phenoxy) is 1. The molecule has 5 heteroatoms. The molecule has 0 aliphatic heterocycles. The lowest BCUT2D eigenvalue weighted by atomic mass is 10.0. The average Bonchev–Trinajstić information content (AvgIpc) is 2.42. The predicted molar refractivity (Wildman–Crippen MR) is 73.0 cm³/mol. The SMILES string of the molecule is COc1cccc(-c2cc(F)c(N=C=S)c(F)c2)c1. The lowest BCUT2D eigenvalue weighted by molar-refractivity contribution is 0.415. The van der Waals surface area contributed by atoms with Crippen molar-refractivity contribution < 1.29 is 13.5 Å². The lowest BCUT2D eigenvalue weighted by Gasteiger charge is -2.06. The molecule has 0 amide bonds. The predicted octanol–water partition coefficient (Wildman–Crippen LogP) is 4.37. The van der Waals surface area contributed by atoms with Gasteiger partial charge in [-0.25, -0.2) is 8.78 Å². The fraction of sp³-hybridized carbons (Fsp3) is 0.0714. The molecule has 0 aromatic heterocycles. The second-order valence-electron chi connectivity index (χ2n) is 3.72. The van der Waals surface area contributed by atoms with Gasteiger partial charge in [-0.2, -0.15) is 4.99 Å². The van der Waals surface area contributed by atoms with Crippen molar-refractivity contribution in [3.8, 4) is 16.9 Å². The van der Waals surface area contributed by atoms with Crippen LogP contribution in [0.4, 0.5) is 14.5 Å². The van der Waals surface area contributed by atoms with E-state index in [1.54, 1.807) is 24.3 Å². The molecule has 0 radical (unpaired) electrons. The maximum atomic E-state index is 13.7. The standard InChI is InChI=1S/C14H9F2NOS/c1-18-11-4-2-3-9(5-11)10-6-12(15)14(17-8-19)13(16)7-10/h2-7H,1H3. The number of benzene rings is 2. The third kappa shape index (κ3) is 2.84. The smallest absolute Gasteiger partial charge is 0.153 e. The van der Waals surface area contributed by atoms with Gasteiger partial charge in [0.15, 0.2) is 11.6 Å². The summed E-state index contributed by atoms with van der Waals surface area (Å²) < 4.78 is 32.5. The molecule has 96 valence electrons. The number of isothiocyanates is 1. The largest absolute Gasteiger partial charge is 0.497 e. The Balaban J connectivity index is 2.54. The highest BCUT2D eigenvalue weighted by atomic mass is 32.1. The summed E-state index contributed by atoms with van der Waals surface area (Å²) in [4.78, 5) is 3.36. The minimum absolute atomic E-state index is 0.400. The Bertz CT molecular complexity index is 643. The summed E-state index contributed by atoms with van der Waals surface area (Å²) in [7, 11) is 1.53. The number of halogens is 2. The summed E-state index contributed by atoms with van der Waals surface area (Å²) in [6, 6.07) is 9.32. The van der Waals surface area contributed by atoms with Crippen molar-refractivity contribution in [2.75, 3.05) is 7.11 Å². The molecule has 0 N–H and O–H groups in total. The van der Waals surface area contributed by atoms with Gasteiger partial charge >= 0.3 is 0 Å². The van der Waals surface area contributed by atoms with Gasteiger partial charge in [0.1, 0.15) is 11.4 Å². The van der Waals surface area contributed by atoms with Gasteiger partial charge in [0.05, 0.1) is 12.3 Å². The Kier molecular flexibility index (Phi) is 4.00. The Morgan fingerprint density at radius 2 is 1.79 bits per heavy atom. The van der Waals surface area contributed by atoms with Crippen LogP contribution in [0, 0.1) is 11.6 Å². The van der Waals surface area contributed by atoms with Gasteiger partial charge in [-0.1, -0.05) is 12.1 Å². The zero-order chi connectivity index (χ0) is 13.8. The molecule has 0 saturated carbocycles. The Morgan fingerprint density at radius 3 is 2.37 bits per heavy atom. The van der Waals surface area contributed by atoms with E-state index in [2.05, 4.69) is 17.2 Å². The van der Waals surface area contributed by atoms with E-state index in [9.17, 15) is 8.78 Å². The number of thiocarbonyl (C=S) groups is 1. The van der Waals surface area contributed by atoms with Crippen LogP contribution in [0.5, 0.6) is 5.75 Å². The normalized spacial score (nSPS) is 9.84. The zero-order valence-corrected chi connectivity index (χ0v) is 10.8. The van der Waals surface area contributed by atoms with Gasteiger partial charge in [0.25, 0.3) is 0 Å². The Morgan fingerprint density at radius 1 is 1.11 bits per heavy atom. The van der Waals surface area contributed by atoms with Crippen LogP contribution in [-0.4, -0.2) is 12.3 Å². The molecule has 0 aliphatic carbocycles. The second kappa shape index (κ2) is 5.69. The van der Waals surface area contributed by atoms with Crippen molar-refractivity contribution in [3.63, 3.8) is 0 Å². The van der Waals surface area contributed by atoms with E-state index in [0.717, 1.165) is 0 Å². The van der Waals surface area contributed by atoms with Crippen molar-refractivity contribution in [2.24, 2.45) is 4.99 Å². The van der Waals surface area contributed by atoms with Gasteiger partial charge < -0.3 is 4.74 Å². The first-order valence-electron chi connectivity index (χ1n) is 5.37. The van der Waals surface area contributed by atoms with Crippen LogP contribution >= 0.6 is 12.2 Å². The first-order chi connectivity index (χ1) is 9.15. The fourth-order valence-corrected chi connectivity index (χ4v) is 1.78. The van der Waals surface area contributed by atoms with Gasteiger partial charge in [-0.05, 0) is 47.6 Å². The maximum absolute atomic E-state index is 13.7. The molecule has 2 nitrogen and oxygen atoms in total. The van der Waals surface area contributed by atoms with E-state index in [1.165, 1.54) is 19.2 Å². The van der Waals surface area contributed by atoms with Crippen LogP contribution in [0.1, 0.15) is 0 Å². The molecule has 0 heterocycles. The van der Waals surface area contributed by atoms with Crippen molar-refractivity contribution in [3.05, 3.63) is 48.0 Å². The fourth-order valence-electron chi connectivity index (χ4n) is 1.69. The molecule has 0 aliphatic rings. The highest BCUT2D eigenvalue weighted by Gasteiger charge is 2.11. The number of nitrogens with zero attached hydrogens (tertiary/aromatic N) is 1. The van der Waals surface area contributed by atoms with Gasteiger partial charge in [-0.15, -0.1) is 0 Å². The van der Waals surface area contributed by atoms with Crippen LogP contribution in [0.25, 0.3) is 11.1 Å². The van der Waals surface area contributed by atoms with E-state index in [0.29, 0.717) is 16.9 Å². The van der Waals surface area contributed by atoms with Crippen molar-refractivity contribution in [2.45, 2.75) is 0 Å². The summed E-state index contributed by atoms with van der Waals surface area (Å²) in [5.74, 6) is -0.954. The Labute approximate surface area is 114 Å². The number of hydrogen-bond donors (Lipinski definition) is 0. The van der Waals surface area contributed by atoms with Crippen molar-refractivity contribution in [1.29, 1.82) is 0 Å². The zero-order valence-electron chi connectivity index (χ0n) is 9.98. The molecule has 0 fully saturated rings. The molecule has 2 aromatic carbocycles. The highest BCUT2D eigenvalue weighted by molar-refractivity contribution is 7.78. The topological polar surface area (TPSA) is 21.6 Å². The number of methoxy groups -OCH3 is 1. The van der Waals surface area contributed by atoms with Gasteiger partial charge in [-0.3, -0.25) is 0 Å². The van der Waals surface area contributed by atoms with Crippen LogP contribution in [0.15, 0.2) is 41.4 Å². The van der Waals surface area contributed by atoms with Crippen LogP contribution in [-0.2, 0) is 0 Å². The van der Waals surface area contributed by atoms with Crippen molar-refractivity contribution >= 4 is 23.1 Å². The first kappa shape index (κ1) is 13.3. The molecular formula is C14H9F2NOS. The molecular weight excluding hydrogens is 268 g/mol. The number of hydrogen-bond acceptors (Lipinski definition) is 3. The monoisotopic (exact) mass is 277 g/mol. The summed E-state index contributed by atoms with van der Waals surface area (Å²) in [5.41, 5.74) is 0.619. The Hall–Kier alpha value is -2.10. The highest BCUT2D eigenvalue weighted by Crippen LogP contribution is 2.30. The van der Waals surface area contributed by atoms with E-state index >= 15 is 0 Å². The number of rotatable bonds is 3. The minimum atomic E-state index is -0.782. The summed E-state index contributed by atoms with van der Waals surface area (Å²) in [6.07, 6.45) is 0. The van der Waals surface area contributed by atoms with Crippen molar-refractivity contribution in [1.82, 2.24) is 0 Å². The summed E-state index contributed by atoms with van der Waals surface area (Å²) in [6.45, 7) is 0. The maximum Gasteiger partial charge on any atom is 0.153 e. The van der Waals surface area contributed by atoms with Crippen LogP contribution in [0.3, 0.4) is 0 Å². The van der Waals surface area contributed by atoms with Crippen LogP contribution < -0.4 is 4.74 Å². The molecule has 0 spiro atoms. The molecule has 2 aromatic rings. The summed E-state index contributed by atoms with van der Waals surface area (Å²) >= 11 is 4.35. The minimum Gasteiger partial charge on any atom is -0.497 e. The van der Waals surface area contributed by atoms with Crippen LogP contribution in [0.2, 0.25) is 0 Å². The molecule has 2 rings (SSSR count). The van der Waals surface area contributed by atoms with Gasteiger partial charge in [0.2, 0.25) is 0 Å². The number of aliphatic imine (C=N–C) groups is 1. The first-order valence-corrected chi connectivity index (χ1v) is 5.78. The average molecular weight is 277 g/mol. The van der Waals surface area contributed by atoms with E-state index in [4.69, 9.17) is 4.74 Å². The molecule has 0 bridgehead atoms. The van der Waals surface area contributed by atoms with E-state index < -0.39 is 17.3 Å². The lowest BCUT2D eigenvalue weighted by Crippen LogP contribution is -1.88. The molecule has 0 unspecified atom stereocenters. The molecule has 0 saturated heterocycles. The van der Waals surface area contributed by atoms with Gasteiger partial charge in [0, 0.05) is 0 Å². The molecule has 19 heavy (non-hydrogen) atoms. The third-order valence-corrected chi connectivity index (χ3v) is 2.67. The summed E-state index contributed by atoms with van der Waals surface area (Å²) in [5, 5.41) is 1.95.